The second-order valence-electron chi connectivity index (χ2n) is 5.52. The predicted octanol–water partition coefficient (Wildman–Crippen LogP) is 1.72. The van der Waals surface area contributed by atoms with E-state index in [0.717, 1.165) is 0 Å². The molecule has 2 aromatic carbocycles. The molecule has 0 aliphatic heterocycles. The van der Waals surface area contributed by atoms with Crippen molar-refractivity contribution >= 4 is 15.9 Å². The van der Waals surface area contributed by atoms with Gasteiger partial charge in [0.25, 0.3) is 5.91 Å². The first-order valence-electron chi connectivity index (χ1n) is 8.04. The van der Waals surface area contributed by atoms with Crippen LogP contribution in [-0.2, 0) is 21.2 Å². The molecule has 0 atom stereocenters. The Bertz CT molecular complexity index is 856. The first-order chi connectivity index (χ1) is 12.4. The smallest absolute Gasteiger partial charge is 0.251 e. The van der Waals surface area contributed by atoms with E-state index < -0.39 is 15.9 Å². The molecule has 0 aromatic heterocycles. The van der Waals surface area contributed by atoms with Crippen LogP contribution in [0.15, 0.2) is 53.4 Å². The van der Waals surface area contributed by atoms with E-state index in [-0.39, 0.29) is 36.0 Å². The van der Waals surface area contributed by atoms with Gasteiger partial charge in [0.1, 0.15) is 5.82 Å². The zero-order chi connectivity index (χ0) is 19.0. The summed E-state index contributed by atoms with van der Waals surface area (Å²) in [7, 11) is -2.24. The maximum Gasteiger partial charge on any atom is 0.251 e. The van der Waals surface area contributed by atoms with Gasteiger partial charge in [-0.15, -0.1) is 0 Å². The summed E-state index contributed by atoms with van der Waals surface area (Å²) in [5, 5.41) is 2.66. The number of sulfonamides is 1. The van der Waals surface area contributed by atoms with Crippen molar-refractivity contribution in [2.45, 2.75) is 11.3 Å². The van der Waals surface area contributed by atoms with E-state index in [9.17, 15) is 17.6 Å². The normalized spacial score (nSPS) is 11.3. The molecule has 0 unspecified atom stereocenters. The fraction of sp³-hybridized carbons (Fsp3) is 0.278. The van der Waals surface area contributed by atoms with Crippen LogP contribution in [0.5, 0.6) is 0 Å². The standard InChI is InChI=1S/C18H21FN2O4S/c1-25-12-11-21-26(23,24)16-7-4-6-15(13-16)18(22)20-10-9-14-5-2-3-8-17(14)19/h2-8,13,21H,9-12H2,1H3,(H,20,22). The number of nitrogens with one attached hydrogen (secondary N) is 2. The highest BCUT2D eigenvalue weighted by Crippen LogP contribution is 2.12. The molecule has 2 aromatic rings. The number of amides is 1. The maximum atomic E-state index is 13.6. The van der Waals surface area contributed by atoms with Crippen LogP contribution in [0, 0.1) is 5.82 Å². The van der Waals surface area contributed by atoms with Crippen molar-refractivity contribution in [2.75, 3.05) is 26.8 Å². The number of ether oxygens (including phenoxy) is 1. The van der Waals surface area contributed by atoms with Crippen LogP contribution in [0.3, 0.4) is 0 Å². The highest BCUT2D eigenvalue weighted by molar-refractivity contribution is 7.89. The number of methoxy groups -OCH3 is 1. The number of hydrogen-bond donors (Lipinski definition) is 2. The molecular formula is C18H21FN2O4S. The molecule has 1 amide bonds. The quantitative estimate of drug-likeness (QED) is 0.649. The van der Waals surface area contributed by atoms with Crippen molar-refractivity contribution in [3.8, 4) is 0 Å². The second-order valence-corrected chi connectivity index (χ2v) is 7.28. The minimum absolute atomic E-state index is 0.00430. The number of hydrogen-bond acceptors (Lipinski definition) is 4. The topological polar surface area (TPSA) is 84.5 Å². The van der Waals surface area contributed by atoms with Gasteiger partial charge >= 0.3 is 0 Å². The molecule has 2 N–H and O–H groups in total. The third-order valence-corrected chi connectivity index (χ3v) is 5.10. The van der Waals surface area contributed by atoms with E-state index in [4.69, 9.17) is 4.74 Å². The summed E-state index contributed by atoms with van der Waals surface area (Å²) in [6.07, 6.45) is 0.342. The average molecular weight is 380 g/mol. The Hall–Kier alpha value is -2.29. The lowest BCUT2D eigenvalue weighted by molar-refractivity contribution is 0.0954. The molecule has 6 nitrogen and oxygen atoms in total. The zero-order valence-electron chi connectivity index (χ0n) is 14.4. The van der Waals surface area contributed by atoms with E-state index >= 15 is 0 Å². The Morgan fingerprint density at radius 3 is 2.62 bits per heavy atom. The van der Waals surface area contributed by atoms with Crippen LogP contribution in [0.4, 0.5) is 4.39 Å². The van der Waals surface area contributed by atoms with Gasteiger partial charge in [0.15, 0.2) is 0 Å². The maximum absolute atomic E-state index is 13.6. The predicted molar refractivity (Wildman–Crippen MR) is 95.9 cm³/mol. The first-order valence-corrected chi connectivity index (χ1v) is 9.52. The molecule has 0 fully saturated rings. The van der Waals surface area contributed by atoms with Crippen LogP contribution in [0.25, 0.3) is 0 Å². The molecule has 2 rings (SSSR count). The largest absolute Gasteiger partial charge is 0.383 e. The van der Waals surface area contributed by atoms with E-state index in [0.29, 0.717) is 12.0 Å². The van der Waals surface area contributed by atoms with Crippen molar-refractivity contribution in [1.29, 1.82) is 0 Å². The van der Waals surface area contributed by atoms with Crippen molar-refractivity contribution in [2.24, 2.45) is 0 Å². The number of benzene rings is 2. The van der Waals surface area contributed by atoms with Crippen LogP contribution in [0.2, 0.25) is 0 Å². The van der Waals surface area contributed by atoms with Gasteiger partial charge < -0.3 is 10.1 Å². The van der Waals surface area contributed by atoms with E-state index in [1.54, 1.807) is 18.2 Å². The Labute approximate surface area is 152 Å². The summed E-state index contributed by atoms with van der Waals surface area (Å²) in [6.45, 7) is 0.621. The molecular weight excluding hydrogens is 359 g/mol. The van der Waals surface area contributed by atoms with Gasteiger partial charge in [-0.1, -0.05) is 24.3 Å². The molecule has 0 radical (unpaired) electrons. The summed E-state index contributed by atoms with van der Waals surface area (Å²) in [4.78, 5) is 12.2. The molecule has 8 heteroatoms. The number of halogens is 1. The fourth-order valence-corrected chi connectivity index (χ4v) is 3.34. The van der Waals surface area contributed by atoms with Gasteiger partial charge in [-0.2, -0.15) is 0 Å². The molecule has 0 heterocycles. The van der Waals surface area contributed by atoms with Crippen LogP contribution < -0.4 is 10.0 Å². The third kappa shape index (κ3) is 5.62. The van der Waals surface area contributed by atoms with E-state index in [1.807, 2.05) is 0 Å². The van der Waals surface area contributed by atoms with Crippen molar-refractivity contribution in [3.05, 3.63) is 65.5 Å². The molecule has 0 bridgehead atoms. The fourth-order valence-electron chi connectivity index (χ4n) is 2.28. The van der Waals surface area contributed by atoms with Crippen LogP contribution >= 0.6 is 0 Å². The first kappa shape index (κ1) is 20.0. The van der Waals surface area contributed by atoms with Crippen LogP contribution in [-0.4, -0.2) is 41.1 Å². The lowest BCUT2D eigenvalue weighted by atomic mass is 10.1. The number of rotatable bonds is 9. The lowest BCUT2D eigenvalue weighted by Gasteiger charge is -2.09. The Morgan fingerprint density at radius 1 is 1.12 bits per heavy atom. The summed E-state index contributed by atoms with van der Waals surface area (Å²) < 4.78 is 45.1. The number of carbonyl (C=O) groups excluding carboxylic acids is 1. The summed E-state index contributed by atoms with van der Waals surface area (Å²) >= 11 is 0. The highest BCUT2D eigenvalue weighted by Gasteiger charge is 2.15. The van der Waals surface area contributed by atoms with Gasteiger partial charge in [-0.05, 0) is 36.2 Å². The monoisotopic (exact) mass is 380 g/mol. The minimum atomic E-state index is -3.72. The Balaban J connectivity index is 1.98. The summed E-state index contributed by atoms with van der Waals surface area (Å²) in [6, 6.07) is 12.1. The van der Waals surface area contributed by atoms with Crippen molar-refractivity contribution < 1.29 is 22.3 Å². The van der Waals surface area contributed by atoms with E-state index in [2.05, 4.69) is 10.0 Å². The molecule has 0 saturated heterocycles. The molecule has 26 heavy (non-hydrogen) atoms. The highest BCUT2D eigenvalue weighted by atomic mass is 32.2. The zero-order valence-corrected chi connectivity index (χ0v) is 15.2. The van der Waals surface area contributed by atoms with Crippen molar-refractivity contribution in [3.63, 3.8) is 0 Å². The third-order valence-electron chi connectivity index (χ3n) is 3.64. The molecule has 0 spiro atoms. The molecule has 0 aliphatic rings. The SMILES string of the molecule is COCCNS(=O)(=O)c1cccc(C(=O)NCCc2ccccc2F)c1. The second kappa shape index (κ2) is 9.42. The minimum Gasteiger partial charge on any atom is -0.383 e. The Morgan fingerprint density at radius 2 is 1.88 bits per heavy atom. The summed E-state index contributed by atoms with van der Waals surface area (Å²) in [5.41, 5.74) is 0.722. The summed E-state index contributed by atoms with van der Waals surface area (Å²) in [5.74, 6) is -0.743. The van der Waals surface area contributed by atoms with E-state index in [1.165, 1.54) is 37.4 Å². The molecule has 140 valence electrons. The number of carbonyl (C=O) groups is 1. The van der Waals surface area contributed by atoms with Gasteiger partial charge in [-0.3, -0.25) is 4.79 Å². The van der Waals surface area contributed by atoms with Gasteiger partial charge in [0.2, 0.25) is 10.0 Å². The lowest BCUT2D eigenvalue weighted by Crippen LogP contribution is -2.28. The van der Waals surface area contributed by atoms with Crippen molar-refractivity contribution in [1.82, 2.24) is 10.0 Å². The molecule has 0 aliphatic carbocycles. The molecule has 0 saturated carbocycles. The van der Waals surface area contributed by atoms with Gasteiger partial charge in [0, 0.05) is 25.8 Å². The van der Waals surface area contributed by atoms with Gasteiger partial charge in [-0.25, -0.2) is 17.5 Å². The van der Waals surface area contributed by atoms with Gasteiger partial charge in [0.05, 0.1) is 11.5 Å². The Kier molecular flexibility index (Phi) is 7.26. The average Bonchev–Trinajstić information content (AvgIpc) is 2.63. The van der Waals surface area contributed by atoms with Crippen LogP contribution in [0.1, 0.15) is 15.9 Å².